The van der Waals surface area contributed by atoms with Crippen LogP contribution in [0.4, 0.5) is 0 Å². The van der Waals surface area contributed by atoms with E-state index >= 15 is 0 Å². The minimum absolute atomic E-state index is 0.00378. The van der Waals surface area contributed by atoms with Crippen molar-refractivity contribution in [2.75, 3.05) is 40.9 Å². The second kappa shape index (κ2) is 47.1. The fraction of sp³-hybridized carbons (Fsp3) is 0.909. The van der Waals surface area contributed by atoms with Crippen LogP contribution in [0.5, 0.6) is 0 Å². The van der Waals surface area contributed by atoms with Gasteiger partial charge in [-0.25, -0.2) is 0 Å². The van der Waals surface area contributed by atoms with Gasteiger partial charge in [-0.2, -0.15) is 0 Å². The Morgan fingerprint density at radius 1 is 0.531 bits per heavy atom. The number of unbranched alkanes of at least 4 members (excludes halogenated alkanes) is 36. The van der Waals surface area contributed by atoms with Gasteiger partial charge in [0.1, 0.15) is 13.2 Å². The van der Waals surface area contributed by atoms with Crippen molar-refractivity contribution in [2.45, 2.75) is 283 Å². The van der Waals surface area contributed by atoms with Crippen LogP contribution in [0.3, 0.4) is 0 Å². The van der Waals surface area contributed by atoms with Crippen LogP contribution in [0.15, 0.2) is 24.3 Å². The van der Waals surface area contributed by atoms with E-state index in [1.54, 1.807) is 6.08 Å². The molecule has 8 nitrogen and oxygen atoms in total. The monoisotopic (exact) mass is 925 g/mol. The lowest BCUT2D eigenvalue weighted by Gasteiger charge is -2.29. The van der Waals surface area contributed by atoms with Crippen molar-refractivity contribution in [3.63, 3.8) is 0 Å². The number of allylic oxidation sites excluding steroid dienone is 3. The van der Waals surface area contributed by atoms with Gasteiger partial charge in [0.25, 0.3) is 7.82 Å². The lowest BCUT2D eigenvalue weighted by molar-refractivity contribution is -0.870. The Hall–Kier alpha value is -1.02. The lowest BCUT2D eigenvalue weighted by Crippen LogP contribution is -2.45. The highest BCUT2D eigenvalue weighted by molar-refractivity contribution is 7.45. The van der Waals surface area contributed by atoms with Crippen LogP contribution in [0.1, 0.15) is 271 Å². The Labute approximate surface area is 398 Å². The van der Waals surface area contributed by atoms with Crippen molar-refractivity contribution in [1.29, 1.82) is 0 Å². The van der Waals surface area contributed by atoms with Gasteiger partial charge in [0, 0.05) is 6.42 Å². The smallest absolute Gasteiger partial charge is 0.268 e. The zero-order valence-electron chi connectivity index (χ0n) is 43.3. The normalized spacial score (nSPS) is 14.2. The number of hydrogen-bond donors (Lipinski definition) is 2. The quantitative estimate of drug-likeness (QED) is 0.0272. The molecule has 0 fully saturated rings. The molecule has 1 amide bonds. The molecule has 64 heavy (non-hydrogen) atoms. The molecule has 0 saturated carbocycles. The highest BCUT2D eigenvalue weighted by atomic mass is 31.2. The maximum Gasteiger partial charge on any atom is 0.268 e. The average Bonchev–Trinajstić information content (AvgIpc) is 3.25. The van der Waals surface area contributed by atoms with E-state index in [2.05, 4.69) is 31.3 Å². The molecule has 0 saturated heterocycles. The largest absolute Gasteiger partial charge is 0.756 e. The Kier molecular flexibility index (Phi) is 46.3. The van der Waals surface area contributed by atoms with Gasteiger partial charge in [-0.1, -0.05) is 256 Å². The number of nitrogens with zero attached hydrogens (tertiary/aromatic N) is 1. The molecule has 0 aliphatic rings. The topological polar surface area (TPSA) is 108 Å². The molecule has 0 bridgehead atoms. The number of aliphatic hydroxyl groups excluding tert-OH is 1. The van der Waals surface area contributed by atoms with Gasteiger partial charge in [-0.15, -0.1) is 0 Å². The van der Waals surface area contributed by atoms with Gasteiger partial charge in [0.2, 0.25) is 5.91 Å². The van der Waals surface area contributed by atoms with Crippen molar-refractivity contribution in [1.82, 2.24) is 5.32 Å². The fourth-order valence-electron chi connectivity index (χ4n) is 8.29. The van der Waals surface area contributed by atoms with E-state index in [0.717, 1.165) is 38.5 Å². The summed E-state index contributed by atoms with van der Waals surface area (Å²) in [6.45, 7) is 4.67. The molecular weight excluding hydrogens is 816 g/mol. The third-order valence-electron chi connectivity index (χ3n) is 12.7. The van der Waals surface area contributed by atoms with Crippen molar-refractivity contribution >= 4 is 13.7 Å². The Bertz CT molecular complexity index is 1090. The second-order valence-corrected chi connectivity index (χ2v) is 21.7. The summed E-state index contributed by atoms with van der Waals surface area (Å²) in [7, 11) is 1.26. The van der Waals surface area contributed by atoms with Crippen LogP contribution in [-0.4, -0.2) is 68.5 Å². The van der Waals surface area contributed by atoms with Crippen LogP contribution in [0.25, 0.3) is 0 Å². The van der Waals surface area contributed by atoms with Crippen molar-refractivity contribution < 1.29 is 32.9 Å². The summed E-state index contributed by atoms with van der Waals surface area (Å²) in [5.74, 6) is -0.202. The summed E-state index contributed by atoms with van der Waals surface area (Å²) in [5, 5.41) is 13.9. The van der Waals surface area contributed by atoms with E-state index in [1.807, 2.05) is 27.2 Å². The van der Waals surface area contributed by atoms with Gasteiger partial charge in [0.15, 0.2) is 0 Å². The van der Waals surface area contributed by atoms with Crippen LogP contribution in [0.2, 0.25) is 0 Å². The molecule has 0 aromatic rings. The maximum absolute atomic E-state index is 12.9. The molecular formula is C55H109N2O6P. The number of phosphoric ester groups is 1. The summed E-state index contributed by atoms with van der Waals surface area (Å²) in [5.41, 5.74) is 0. The predicted octanol–water partition coefficient (Wildman–Crippen LogP) is 15.8. The minimum Gasteiger partial charge on any atom is -0.756 e. The molecule has 0 aromatic carbocycles. The van der Waals surface area contributed by atoms with Gasteiger partial charge < -0.3 is 28.8 Å². The maximum atomic E-state index is 12.9. The molecule has 0 spiro atoms. The fourth-order valence-corrected chi connectivity index (χ4v) is 9.01. The molecule has 380 valence electrons. The standard InChI is InChI=1S/C55H109N2O6P/c1-6-8-10-12-14-16-18-20-22-24-26-28-29-30-32-34-36-38-40-42-44-46-48-54(58)53(52-63-64(60,61)62-51-50-57(3,4)5)56-55(59)49-47-45-43-41-39-37-35-33-31-27-25-23-21-19-17-15-13-11-9-7-2/h38,40,46,48,53-54,58H,6-37,39,41-45,47,49-52H2,1-5H3,(H-,56,59,60,61)/b40-38+,48-46+. The Balaban J connectivity index is 4.27. The first-order valence-electron chi connectivity index (χ1n) is 27.7. The molecule has 0 heterocycles. The third kappa shape index (κ3) is 48.9. The van der Waals surface area contributed by atoms with Crippen molar-refractivity contribution in [3.8, 4) is 0 Å². The number of quaternary nitrogens is 1. The van der Waals surface area contributed by atoms with Crippen molar-refractivity contribution in [3.05, 3.63) is 24.3 Å². The molecule has 0 radical (unpaired) electrons. The summed E-state index contributed by atoms with van der Waals surface area (Å²) in [4.78, 5) is 25.5. The molecule has 9 heteroatoms. The molecule has 2 N–H and O–H groups in total. The highest BCUT2D eigenvalue weighted by Crippen LogP contribution is 2.38. The first-order valence-corrected chi connectivity index (χ1v) is 29.2. The third-order valence-corrected chi connectivity index (χ3v) is 13.6. The average molecular weight is 925 g/mol. The number of nitrogens with one attached hydrogen (secondary N) is 1. The van der Waals surface area contributed by atoms with E-state index in [-0.39, 0.29) is 19.1 Å². The van der Waals surface area contributed by atoms with Crippen LogP contribution in [0, 0.1) is 0 Å². The number of likely N-dealkylation sites (N-methyl/N-ethyl adjacent to an activating group) is 1. The van der Waals surface area contributed by atoms with Gasteiger partial charge in [-0.3, -0.25) is 9.36 Å². The number of hydrogen-bond acceptors (Lipinski definition) is 6. The summed E-state index contributed by atoms with van der Waals surface area (Å²) in [6, 6.07) is -0.899. The van der Waals surface area contributed by atoms with Gasteiger partial charge in [0.05, 0.1) is 39.9 Å². The van der Waals surface area contributed by atoms with E-state index in [4.69, 9.17) is 9.05 Å². The Morgan fingerprint density at radius 2 is 0.875 bits per heavy atom. The summed E-state index contributed by atoms with van der Waals surface area (Å²) in [6.07, 6.45) is 58.2. The first-order chi connectivity index (χ1) is 31.0. The molecule has 0 aromatic heterocycles. The molecule has 3 atom stereocenters. The van der Waals surface area contributed by atoms with Gasteiger partial charge in [-0.05, 0) is 32.1 Å². The minimum atomic E-state index is -4.60. The zero-order valence-corrected chi connectivity index (χ0v) is 44.1. The molecule has 0 aliphatic carbocycles. The lowest BCUT2D eigenvalue weighted by atomic mass is 10.0. The molecule has 0 aliphatic heterocycles. The number of phosphoric acid groups is 1. The van der Waals surface area contributed by atoms with E-state index < -0.39 is 20.0 Å². The first kappa shape index (κ1) is 63.0. The van der Waals surface area contributed by atoms with Crippen LogP contribution < -0.4 is 10.2 Å². The number of aliphatic hydroxyl groups is 1. The van der Waals surface area contributed by atoms with Gasteiger partial charge >= 0.3 is 0 Å². The highest BCUT2D eigenvalue weighted by Gasteiger charge is 2.23. The van der Waals surface area contributed by atoms with E-state index in [0.29, 0.717) is 17.4 Å². The number of carbonyl (C=O) groups is 1. The second-order valence-electron chi connectivity index (χ2n) is 20.3. The SMILES string of the molecule is CCCCCCCCCCCCCCCCCC/C=C/CC/C=C/C(O)C(COP(=O)([O-])OCC[N+](C)(C)C)NC(=O)CCCCCCCCCCCCCCCCCCCCCC. The zero-order chi connectivity index (χ0) is 47.1. The van der Waals surface area contributed by atoms with Crippen LogP contribution in [-0.2, 0) is 18.4 Å². The molecule has 3 unspecified atom stereocenters. The number of carbonyl (C=O) groups excluding carboxylic acids is 1. The summed E-state index contributed by atoms with van der Waals surface area (Å²) < 4.78 is 23.3. The van der Waals surface area contributed by atoms with E-state index in [9.17, 15) is 19.4 Å². The number of amides is 1. The van der Waals surface area contributed by atoms with Crippen molar-refractivity contribution in [2.24, 2.45) is 0 Å². The molecule has 0 rings (SSSR count). The number of rotatable bonds is 51. The predicted molar refractivity (Wildman–Crippen MR) is 275 cm³/mol. The Morgan fingerprint density at radius 3 is 1.27 bits per heavy atom. The van der Waals surface area contributed by atoms with E-state index in [1.165, 1.54) is 212 Å². The van der Waals surface area contributed by atoms with Crippen LogP contribution >= 0.6 is 7.82 Å². The summed E-state index contributed by atoms with van der Waals surface area (Å²) >= 11 is 0.